The summed E-state index contributed by atoms with van der Waals surface area (Å²) in [5.41, 5.74) is 0. The van der Waals surface area contributed by atoms with Crippen molar-refractivity contribution in [1.29, 1.82) is 0 Å². The number of amides is 1. The Labute approximate surface area is 88.4 Å². The number of carbonyl (C=O) groups excluding carboxylic acids is 1. The quantitative estimate of drug-likeness (QED) is 0.649. The molecule has 5 heteroatoms. The summed E-state index contributed by atoms with van der Waals surface area (Å²) in [6, 6.07) is 0. The van der Waals surface area contributed by atoms with Crippen molar-refractivity contribution < 1.29 is 14.7 Å². The summed E-state index contributed by atoms with van der Waals surface area (Å²) in [6.07, 6.45) is 1.48. The Morgan fingerprint density at radius 3 is 2.60 bits per heavy atom. The number of hydrogen-bond acceptors (Lipinski definition) is 3. The van der Waals surface area contributed by atoms with Gasteiger partial charge >= 0.3 is 5.97 Å². The van der Waals surface area contributed by atoms with E-state index in [1.165, 1.54) is 0 Å². The molecule has 5 nitrogen and oxygen atoms in total. The third-order valence-electron chi connectivity index (χ3n) is 3.26. The van der Waals surface area contributed by atoms with Crippen LogP contribution in [-0.4, -0.2) is 48.1 Å². The molecule has 2 saturated heterocycles. The molecule has 0 aromatic rings. The molecule has 2 N–H and O–H groups in total. The zero-order chi connectivity index (χ0) is 10.8. The first-order valence-corrected chi connectivity index (χ1v) is 5.41. The molecule has 0 spiro atoms. The molecule has 1 amide bonds. The number of carboxylic acids is 1. The zero-order valence-corrected chi connectivity index (χ0v) is 8.61. The van der Waals surface area contributed by atoms with Crippen LogP contribution in [0.3, 0.4) is 0 Å². The van der Waals surface area contributed by atoms with Crippen LogP contribution < -0.4 is 5.32 Å². The molecular formula is C10H16N2O3. The number of nitrogens with zero attached hydrogens (tertiary/aromatic N) is 1. The van der Waals surface area contributed by atoms with Gasteiger partial charge < -0.3 is 15.3 Å². The molecule has 0 aromatic carbocycles. The molecule has 0 radical (unpaired) electrons. The highest BCUT2D eigenvalue weighted by Gasteiger charge is 2.34. The predicted octanol–water partition coefficient (Wildman–Crippen LogP) is -0.471. The Balaban J connectivity index is 1.89. The van der Waals surface area contributed by atoms with Gasteiger partial charge in [-0.25, -0.2) is 0 Å². The number of likely N-dealkylation sites (tertiary alicyclic amines) is 1. The smallest absolute Gasteiger partial charge is 0.308 e. The molecule has 2 atom stereocenters. The molecule has 2 unspecified atom stereocenters. The van der Waals surface area contributed by atoms with Gasteiger partial charge in [-0.05, 0) is 19.4 Å². The maximum Gasteiger partial charge on any atom is 0.308 e. The predicted molar refractivity (Wildman–Crippen MR) is 53.3 cm³/mol. The van der Waals surface area contributed by atoms with Crippen LogP contribution in [0.15, 0.2) is 0 Å². The monoisotopic (exact) mass is 212 g/mol. The van der Waals surface area contributed by atoms with E-state index in [1.807, 2.05) is 0 Å². The van der Waals surface area contributed by atoms with Crippen molar-refractivity contribution in [2.45, 2.75) is 12.8 Å². The van der Waals surface area contributed by atoms with Crippen molar-refractivity contribution in [3.05, 3.63) is 0 Å². The standard InChI is InChI=1S/C10H16N2O3/c13-9(7-1-3-11-5-7)12-4-2-8(6-12)10(14)15/h7-8,11H,1-6H2,(H,14,15). The van der Waals surface area contributed by atoms with Gasteiger partial charge in [0.1, 0.15) is 0 Å². The average Bonchev–Trinajstić information content (AvgIpc) is 2.88. The van der Waals surface area contributed by atoms with Gasteiger partial charge in [-0.1, -0.05) is 0 Å². The Hall–Kier alpha value is -1.10. The first-order valence-electron chi connectivity index (χ1n) is 5.41. The maximum absolute atomic E-state index is 11.9. The van der Waals surface area contributed by atoms with Crippen molar-refractivity contribution in [2.75, 3.05) is 26.2 Å². The number of hydrogen-bond donors (Lipinski definition) is 2. The van der Waals surface area contributed by atoms with E-state index in [1.54, 1.807) is 4.90 Å². The molecule has 2 aliphatic heterocycles. The van der Waals surface area contributed by atoms with E-state index >= 15 is 0 Å². The molecule has 84 valence electrons. The molecule has 15 heavy (non-hydrogen) atoms. The van der Waals surface area contributed by atoms with Crippen molar-refractivity contribution in [1.82, 2.24) is 10.2 Å². The van der Waals surface area contributed by atoms with E-state index in [9.17, 15) is 9.59 Å². The summed E-state index contributed by atoms with van der Waals surface area (Å²) in [5.74, 6) is -0.945. The summed E-state index contributed by atoms with van der Waals surface area (Å²) in [5, 5.41) is 12.0. The van der Waals surface area contributed by atoms with E-state index in [-0.39, 0.29) is 17.7 Å². The van der Waals surface area contributed by atoms with E-state index < -0.39 is 5.97 Å². The lowest BCUT2D eigenvalue weighted by atomic mass is 10.1. The van der Waals surface area contributed by atoms with Crippen LogP contribution in [0.2, 0.25) is 0 Å². The van der Waals surface area contributed by atoms with Gasteiger partial charge in [0.2, 0.25) is 5.91 Å². The fourth-order valence-electron chi connectivity index (χ4n) is 2.29. The van der Waals surface area contributed by atoms with Crippen LogP contribution in [0.5, 0.6) is 0 Å². The van der Waals surface area contributed by atoms with Gasteiger partial charge in [0.05, 0.1) is 11.8 Å². The zero-order valence-electron chi connectivity index (χ0n) is 8.61. The molecule has 2 heterocycles. The van der Waals surface area contributed by atoms with E-state index in [4.69, 9.17) is 5.11 Å². The second-order valence-corrected chi connectivity index (χ2v) is 4.30. The van der Waals surface area contributed by atoms with Crippen LogP contribution >= 0.6 is 0 Å². The van der Waals surface area contributed by atoms with Gasteiger partial charge in [-0.3, -0.25) is 9.59 Å². The van der Waals surface area contributed by atoms with E-state index in [0.717, 1.165) is 19.5 Å². The second kappa shape index (κ2) is 4.18. The highest BCUT2D eigenvalue weighted by Crippen LogP contribution is 2.20. The molecule has 2 rings (SSSR count). The summed E-state index contributed by atoms with van der Waals surface area (Å²) in [7, 11) is 0. The van der Waals surface area contributed by atoms with Gasteiger partial charge in [0.25, 0.3) is 0 Å². The molecular weight excluding hydrogens is 196 g/mol. The minimum absolute atomic E-state index is 0.0672. The lowest BCUT2D eigenvalue weighted by Crippen LogP contribution is -2.36. The Morgan fingerprint density at radius 2 is 2.07 bits per heavy atom. The van der Waals surface area contributed by atoms with Crippen LogP contribution in [0.25, 0.3) is 0 Å². The summed E-state index contributed by atoms with van der Waals surface area (Å²) >= 11 is 0. The summed E-state index contributed by atoms with van der Waals surface area (Å²) in [4.78, 5) is 24.4. The average molecular weight is 212 g/mol. The first-order chi connectivity index (χ1) is 7.18. The van der Waals surface area contributed by atoms with Crippen LogP contribution in [0.1, 0.15) is 12.8 Å². The van der Waals surface area contributed by atoms with Crippen LogP contribution in [-0.2, 0) is 9.59 Å². The van der Waals surface area contributed by atoms with Crippen molar-refractivity contribution in [3.63, 3.8) is 0 Å². The lowest BCUT2D eigenvalue weighted by Gasteiger charge is -2.19. The highest BCUT2D eigenvalue weighted by atomic mass is 16.4. The van der Waals surface area contributed by atoms with E-state index in [2.05, 4.69) is 5.32 Å². The van der Waals surface area contributed by atoms with Crippen LogP contribution in [0, 0.1) is 11.8 Å². The SMILES string of the molecule is O=C(O)C1CCN(C(=O)C2CCNC2)C1. The Kier molecular flexibility index (Phi) is 2.90. The summed E-state index contributed by atoms with van der Waals surface area (Å²) in [6.45, 7) is 2.64. The fourth-order valence-corrected chi connectivity index (χ4v) is 2.29. The fraction of sp³-hybridized carbons (Fsp3) is 0.800. The van der Waals surface area contributed by atoms with Crippen molar-refractivity contribution >= 4 is 11.9 Å². The van der Waals surface area contributed by atoms with Crippen LogP contribution in [0.4, 0.5) is 0 Å². The number of aliphatic carboxylic acids is 1. The number of carboxylic acid groups (broad SMARTS) is 1. The van der Waals surface area contributed by atoms with Gasteiger partial charge in [-0.15, -0.1) is 0 Å². The van der Waals surface area contributed by atoms with Crippen molar-refractivity contribution in [3.8, 4) is 0 Å². The third kappa shape index (κ3) is 2.12. The number of nitrogens with one attached hydrogen (secondary N) is 1. The van der Waals surface area contributed by atoms with Crippen molar-refractivity contribution in [2.24, 2.45) is 11.8 Å². The largest absolute Gasteiger partial charge is 0.481 e. The van der Waals surface area contributed by atoms with Gasteiger partial charge in [0.15, 0.2) is 0 Å². The Bertz CT molecular complexity index is 274. The molecule has 2 fully saturated rings. The van der Waals surface area contributed by atoms with Gasteiger partial charge in [0, 0.05) is 19.6 Å². The Morgan fingerprint density at radius 1 is 1.27 bits per heavy atom. The van der Waals surface area contributed by atoms with Gasteiger partial charge in [-0.2, -0.15) is 0 Å². The molecule has 0 bridgehead atoms. The molecule has 0 aromatic heterocycles. The topological polar surface area (TPSA) is 69.6 Å². The highest BCUT2D eigenvalue weighted by molar-refractivity contribution is 5.81. The minimum atomic E-state index is -0.783. The first kappa shape index (κ1) is 10.4. The van der Waals surface area contributed by atoms with E-state index in [0.29, 0.717) is 19.5 Å². The summed E-state index contributed by atoms with van der Waals surface area (Å²) < 4.78 is 0. The molecule has 0 aliphatic carbocycles. The lowest BCUT2D eigenvalue weighted by molar-refractivity contribution is -0.141. The maximum atomic E-state index is 11.9. The number of rotatable bonds is 2. The second-order valence-electron chi connectivity index (χ2n) is 4.30. The normalized spacial score (nSPS) is 30.8. The minimum Gasteiger partial charge on any atom is -0.481 e. The molecule has 2 aliphatic rings. The molecule has 0 saturated carbocycles. The third-order valence-corrected chi connectivity index (χ3v) is 3.26. The number of carbonyl (C=O) groups is 2.